The summed E-state index contributed by atoms with van der Waals surface area (Å²) in [7, 11) is 0. The number of hydrogen-bond acceptors (Lipinski definition) is 4. The van der Waals surface area contributed by atoms with Gasteiger partial charge in [-0.05, 0) is 36.6 Å². The minimum absolute atomic E-state index is 0.0731. The maximum atomic E-state index is 11.9. The Morgan fingerprint density at radius 1 is 1.19 bits per heavy atom. The van der Waals surface area contributed by atoms with Crippen molar-refractivity contribution in [2.45, 2.75) is 12.8 Å². The number of nitrogens with zero attached hydrogens (tertiary/aromatic N) is 1. The summed E-state index contributed by atoms with van der Waals surface area (Å²) in [5, 5.41) is 0. The monoisotopic (exact) mass is 289 g/mol. The van der Waals surface area contributed by atoms with E-state index in [0.29, 0.717) is 33.1 Å². The van der Waals surface area contributed by atoms with E-state index in [1.165, 1.54) is 5.56 Å². The Bertz CT molecular complexity index is 535. The van der Waals surface area contributed by atoms with Crippen LogP contribution in [0.3, 0.4) is 0 Å². The molecule has 0 aromatic heterocycles. The van der Waals surface area contributed by atoms with Crippen LogP contribution in [0.2, 0.25) is 0 Å². The predicted molar refractivity (Wildman–Crippen MR) is 77.4 cm³/mol. The van der Waals surface area contributed by atoms with Crippen LogP contribution in [0.1, 0.15) is 12.0 Å². The zero-order valence-corrected chi connectivity index (χ0v) is 11.9. The number of hydrogen-bond donors (Lipinski definition) is 0. The molecule has 0 spiro atoms. The van der Waals surface area contributed by atoms with E-state index in [1.807, 2.05) is 29.2 Å². The smallest absolute Gasteiger partial charge is 0.246 e. The minimum Gasteiger partial charge on any atom is -0.454 e. The molecule has 0 unspecified atom stereocenters. The van der Waals surface area contributed by atoms with Crippen LogP contribution in [-0.2, 0) is 16.0 Å². The SMILES string of the molecule is O=C(/C=C/CCc1ccc2c(c1)OCO2)N1CCOCC1. The molecule has 5 heteroatoms. The Labute approximate surface area is 124 Å². The summed E-state index contributed by atoms with van der Waals surface area (Å²) in [5.74, 6) is 1.68. The second-order valence-corrected chi connectivity index (χ2v) is 5.07. The second-order valence-electron chi connectivity index (χ2n) is 5.07. The van der Waals surface area contributed by atoms with Gasteiger partial charge in [0.15, 0.2) is 11.5 Å². The Morgan fingerprint density at radius 2 is 2.00 bits per heavy atom. The average Bonchev–Trinajstić information content (AvgIpc) is 3.00. The van der Waals surface area contributed by atoms with Crippen LogP contribution < -0.4 is 9.47 Å². The molecule has 0 N–H and O–H groups in total. The molecule has 112 valence electrons. The van der Waals surface area contributed by atoms with E-state index in [4.69, 9.17) is 14.2 Å². The predicted octanol–water partition coefficient (Wildman–Crippen LogP) is 1.76. The maximum Gasteiger partial charge on any atom is 0.246 e. The summed E-state index contributed by atoms with van der Waals surface area (Å²) in [5.41, 5.74) is 1.18. The van der Waals surface area contributed by atoms with E-state index >= 15 is 0 Å². The third-order valence-electron chi connectivity index (χ3n) is 3.62. The van der Waals surface area contributed by atoms with Gasteiger partial charge in [-0.3, -0.25) is 4.79 Å². The first kappa shape index (κ1) is 13.9. The lowest BCUT2D eigenvalue weighted by molar-refractivity contribution is -0.129. The third-order valence-corrected chi connectivity index (χ3v) is 3.62. The van der Waals surface area contributed by atoms with Crippen molar-refractivity contribution in [3.63, 3.8) is 0 Å². The van der Waals surface area contributed by atoms with E-state index in [9.17, 15) is 4.79 Å². The van der Waals surface area contributed by atoms with Crippen molar-refractivity contribution in [2.24, 2.45) is 0 Å². The molecule has 0 atom stereocenters. The Kier molecular flexibility index (Phi) is 4.40. The van der Waals surface area contributed by atoms with Crippen LogP contribution in [0.25, 0.3) is 0 Å². The molecule has 3 rings (SSSR count). The summed E-state index contributed by atoms with van der Waals surface area (Å²) < 4.78 is 15.9. The van der Waals surface area contributed by atoms with Gasteiger partial charge in [-0.2, -0.15) is 0 Å². The van der Waals surface area contributed by atoms with Crippen molar-refractivity contribution >= 4 is 5.91 Å². The number of carbonyl (C=O) groups is 1. The van der Waals surface area contributed by atoms with Crippen LogP contribution in [0.15, 0.2) is 30.4 Å². The second kappa shape index (κ2) is 6.63. The van der Waals surface area contributed by atoms with Gasteiger partial charge < -0.3 is 19.1 Å². The molecule has 2 aliphatic rings. The highest BCUT2D eigenvalue weighted by molar-refractivity contribution is 5.87. The quantitative estimate of drug-likeness (QED) is 0.793. The molecule has 21 heavy (non-hydrogen) atoms. The highest BCUT2D eigenvalue weighted by atomic mass is 16.7. The third kappa shape index (κ3) is 3.55. The van der Waals surface area contributed by atoms with Crippen LogP contribution >= 0.6 is 0 Å². The highest BCUT2D eigenvalue weighted by Gasteiger charge is 2.14. The van der Waals surface area contributed by atoms with Gasteiger partial charge in [-0.15, -0.1) is 0 Å². The van der Waals surface area contributed by atoms with Crippen LogP contribution in [0.4, 0.5) is 0 Å². The number of allylic oxidation sites excluding steroid dienone is 1. The maximum absolute atomic E-state index is 11.9. The van der Waals surface area contributed by atoms with E-state index in [0.717, 1.165) is 24.3 Å². The van der Waals surface area contributed by atoms with Gasteiger partial charge in [0.05, 0.1) is 13.2 Å². The molecular formula is C16H19NO4. The lowest BCUT2D eigenvalue weighted by Gasteiger charge is -2.25. The number of rotatable bonds is 4. The molecule has 1 amide bonds. The molecule has 0 bridgehead atoms. The molecule has 1 aromatic carbocycles. The Balaban J connectivity index is 1.47. The summed E-state index contributed by atoms with van der Waals surface area (Å²) in [4.78, 5) is 13.7. The normalized spacial score (nSPS) is 17.4. The van der Waals surface area contributed by atoms with E-state index < -0.39 is 0 Å². The first-order valence-corrected chi connectivity index (χ1v) is 7.24. The summed E-state index contributed by atoms with van der Waals surface area (Å²) >= 11 is 0. The lowest BCUT2D eigenvalue weighted by atomic mass is 10.1. The fourth-order valence-corrected chi connectivity index (χ4v) is 2.42. The van der Waals surface area contributed by atoms with Crippen LogP contribution in [0.5, 0.6) is 11.5 Å². The largest absolute Gasteiger partial charge is 0.454 e. The molecule has 1 fully saturated rings. The number of carbonyl (C=O) groups excluding carboxylic acids is 1. The first-order valence-electron chi connectivity index (χ1n) is 7.24. The first-order chi connectivity index (χ1) is 10.3. The van der Waals surface area contributed by atoms with Gasteiger partial charge in [-0.1, -0.05) is 12.1 Å². The summed E-state index contributed by atoms with van der Waals surface area (Å²) in [6, 6.07) is 5.96. The zero-order chi connectivity index (χ0) is 14.5. The summed E-state index contributed by atoms with van der Waals surface area (Å²) in [6.07, 6.45) is 5.31. The average molecular weight is 289 g/mol. The van der Waals surface area contributed by atoms with Crippen molar-refractivity contribution in [1.82, 2.24) is 4.90 Å². The van der Waals surface area contributed by atoms with Gasteiger partial charge in [0.25, 0.3) is 0 Å². The highest BCUT2D eigenvalue weighted by Crippen LogP contribution is 2.32. The van der Waals surface area contributed by atoms with Crippen molar-refractivity contribution in [2.75, 3.05) is 33.1 Å². The number of morpholine rings is 1. The molecule has 0 aliphatic carbocycles. The van der Waals surface area contributed by atoms with Crippen molar-refractivity contribution < 1.29 is 19.0 Å². The van der Waals surface area contributed by atoms with Gasteiger partial charge in [0.2, 0.25) is 12.7 Å². The number of aryl methyl sites for hydroxylation is 1. The van der Waals surface area contributed by atoms with E-state index in [-0.39, 0.29) is 5.91 Å². The molecule has 5 nitrogen and oxygen atoms in total. The molecule has 2 aliphatic heterocycles. The van der Waals surface area contributed by atoms with Gasteiger partial charge >= 0.3 is 0 Å². The van der Waals surface area contributed by atoms with Crippen molar-refractivity contribution in [3.05, 3.63) is 35.9 Å². The van der Waals surface area contributed by atoms with Crippen LogP contribution in [-0.4, -0.2) is 43.9 Å². The van der Waals surface area contributed by atoms with E-state index in [1.54, 1.807) is 6.08 Å². The fourth-order valence-electron chi connectivity index (χ4n) is 2.42. The Morgan fingerprint density at radius 3 is 2.86 bits per heavy atom. The Hall–Kier alpha value is -2.01. The molecule has 1 saturated heterocycles. The molecule has 0 saturated carbocycles. The van der Waals surface area contributed by atoms with Crippen molar-refractivity contribution in [1.29, 1.82) is 0 Å². The van der Waals surface area contributed by atoms with Gasteiger partial charge in [-0.25, -0.2) is 0 Å². The molecule has 1 aromatic rings. The van der Waals surface area contributed by atoms with Gasteiger partial charge in [0, 0.05) is 13.1 Å². The molecular weight excluding hydrogens is 270 g/mol. The zero-order valence-electron chi connectivity index (χ0n) is 11.9. The standard InChI is InChI=1S/C16H19NO4/c18-16(17-7-9-19-10-8-17)4-2-1-3-13-5-6-14-15(11-13)21-12-20-14/h2,4-6,11H,1,3,7-10,12H2/b4-2+. The van der Waals surface area contributed by atoms with Crippen LogP contribution in [0, 0.1) is 0 Å². The van der Waals surface area contributed by atoms with Crippen molar-refractivity contribution in [3.8, 4) is 11.5 Å². The summed E-state index contributed by atoms with van der Waals surface area (Å²) in [6.45, 7) is 2.94. The molecule has 2 heterocycles. The number of amides is 1. The lowest BCUT2D eigenvalue weighted by Crippen LogP contribution is -2.39. The van der Waals surface area contributed by atoms with E-state index in [2.05, 4.69) is 0 Å². The number of ether oxygens (including phenoxy) is 3. The fraction of sp³-hybridized carbons (Fsp3) is 0.438. The number of fused-ring (bicyclic) bond motifs is 1. The van der Waals surface area contributed by atoms with Gasteiger partial charge in [0.1, 0.15) is 0 Å². The number of benzene rings is 1. The topological polar surface area (TPSA) is 48.0 Å². The minimum atomic E-state index is 0.0731. The molecule has 0 radical (unpaired) electrons.